The van der Waals surface area contributed by atoms with Gasteiger partial charge in [-0.1, -0.05) is 29.7 Å². The number of benzene rings is 1. The van der Waals surface area contributed by atoms with Crippen LogP contribution in [0.15, 0.2) is 23.4 Å². The van der Waals surface area contributed by atoms with Crippen molar-refractivity contribution in [2.24, 2.45) is 10.9 Å². The molecule has 0 heterocycles. The second-order valence-corrected chi connectivity index (χ2v) is 4.28. The number of carbonyl (C=O) groups excluding carboxylic acids is 1. The molecule has 0 aliphatic heterocycles. The van der Waals surface area contributed by atoms with Gasteiger partial charge < -0.3 is 16.3 Å². The van der Waals surface area contributed by atoms with Gasteiger partial charge >= 0.3 is 0 Å². The lowest BCUT2D eigenvalue weighted by atomic mass is 10.1. The normalized spacial score (nSPS) is 13.2. The predicted molar refractivity (Wildman–Crippen MR) is 71.1 cm³/mol. The Bertz CT molecular complexity index is 474. The molecule has 1 rings (SSSR count). The fourth-order valence-corrected chi connectivity index (χ4v) is 1.72. The third kappa shape index (κ3) is 3.13. The minimum Gasteiger partial charge on any atom is -0.409 e. The summed E-state index contributed by atoms with van der Waals surface area (Å²) in [6.45, 7) is 3.59. The van der Waals surface area contributed by atoms with Crippen LogP contribution in [0.1, 0.15) is 29.3 Å². The minimum atomic E-state index is -0.499. The van der Waals surface area contributed by atoms with Gasteiger partial charge in [0.15, 0.2) is 5.84 Å². The number of halogens is 1. The zero-order valence-corrected chi connectivity index (χ0v) is 11.0. The van der Waals surface area contributed by atoms with Gasteiger partial charge in [0.1, 0.15) is 0 Å². The van der Waals surface area contributed by atoms with E-state index in [-0.39, 0.29) is 11.7 Å². The van der Waals surface area contributed by atoms with Gasteiger partial charge in [0.05, 0.1) is 6.04 Å². The van der Waals surface area contributed by atoms with Crippen molar-refractivity contribution in [1.82, 2.24) is 5.32 Å². The largest absolute Gasteiger partial charge is 0.409 e. The molecule has 0 bridgehead atoms. The molecule has 0 spiro atoms. The molecule has 0 aromatic heterocycles. The highest BCUT2D eigenvalue weighted by Gasteiger charge is 2.17. The van der Waals surface area contributed by atoms with Crippen LogP contribution in [-0.2, 0) is 0 Å². The van der Waals surface area contributed by atoms with Gasteiger partial charge in [-0.25, -0.2) is 0 Å². The van der Waals surface area contributed by atoms with E-state index in [1.54, 1.807) is 25.1 Å². The molecule has 1 aromatic rings. The molecule has 0 fully saturated rings. The van der Waals surface area contributed by atoms with Crippen molar-refractivity contribution in [3.63, 3.8) is 0 Å². The van der Waals surface area contributed by atoms with Gasteiger partial charge in [-0.2, -0.15) is 0 Å². The predicted octanol–water partition coefficient (Wildman–Crippen LogP) is 1.90. The third-order valence-corrected chi connectivity index (χ3v) is 3.11. The number of nitrogens with one attached hydrogen (secondary N) is 1. The molecule has 1 aromatic carbocycles. The van der Waals surface area contributed by atoms with Gasteiger partial charge in [0.2, 0.25) is 0 Å². The Morgan fingerprint density at radius 2 is 2.28 bits per heavy atom. The standard InChI is InChI=1S/C12H16ClN3O2/c1-3-10(11(14)16-18)15-12(17)8-5-4-6-9(13)7(8)2/h4-6,10,18H,3H2,1-2H3,(H2,14,16)(H,15,17). The summed E-state index contributed by atoms with van der Waals surface area (Å²) in [5.74, 6) is -0.320. The Labute approximate surface area is 111 Å². The number of hydrogen-bond donors (Lipinski definition) is 3. The zero-order valence-electron chi connectivity index (χ0n) is 10.3. The Hall–Kier alpha value is -1.75. The van der Waals surface area contributed by atoms with Gasteiger partial charge in [0, 0.05) is 10.6 Å². The molecule has 18 heavy (non-hydrogen) atoms. The fraction of sp³-hybridized carbons (Fsp3) is 0.333. The highest BCUT2D eigenvalue weighted by molar-refractivity contribution is 6.31. The maximum absolute atomic E-state index is 12.0. The number of hydrogen-bond acceptors (Lipinski definition) is 3. The van der Waals surface area contributed by atoms with Gasteiger partial charge in [-0.05, 0) is 31.0 Å². The summed E-state index contributed by atoms with van der Waals surface area (Å²) in [6.07, 6.45) is 0.529. The summed E-state index contributed by atoms with van der Waals surface area (Å²) >= 11 is 5.95. The Morgan fingerprint density at radius 3 is 2.83 bits per heavy atom. The Balaban J connectivity index is 2.91. The SMILES string of the molecule is CCC(NC(=O)c1cccc(Cl)c1C)/C(N)=N/O. The number of nitrogens with two attached hydrogens (primary N) is 1. The van der Waals surface area contributed by atoms with Crippen molar-refractivity contribution in [3.8, 4) is 0 Å². The van der Waals surface area contributed by atoms with Crippen LogP contribution < -0.4 is 11.1 Å². The van der Waals surface area contributed by atoms with Crippen molar-refractivity contribution in [1.29, 1.82) is 0 Å². The van der Waals surface area contributed by atoms with Crippen molar-refractivity contribution < 1.29 is 10.0 Å². The Kier molecular flexibility index (Phi) is 4.97. The summed E-state index contributed by atoms with van der Waals surface area (Å²) in [5.41, 5.74) is 6.66. The molecule has 1 amide bonds. The smallest absolute Gasteiger partial charge is 0.252 e. The second kappa shape index (κ2) is 6.26. The number of amides is 1. The van der Waals surface area contributed by atoms with Gasteiger partial charge in [-0.15, -0.1) is 0 Å². The molecular formula is C12H16ClN3O2. The van der Waals surface area contributed by atoms with E-state index >= 15 is 0 Å². The molecule has 4 N–H and O–H groups in total. The lowest BCUT2D eigenvalue weighted by molar-refractivity contribution is 0.0945. The summed E-state index contributed by atoms with van der Waals surface area (Å²) < 4.78 is 0. The molecule has 98 valence electrons. The zero-order chi connectivity index (χ0) is 13.7. The van der Waals surface area contributed by atoms with E-state index in [4.69, 9.17) is 22.5 Å². The van der Waals surface area contributed by atoms with Crippen LogP contribution in [-0.4, -0.2) is 23.0 Å². The van der Waals surface area contributed by atoms with E-state index in [2.05, 4.69) is 10.5 Å². The summed E-state index contributed by atoms with van der Waals surface area (Å²) in [5, 5.41) is 14.7. The highest BCUT2D eigenvalue weighted by atomic mass is 35.5. The average molecular weight is 270 g/mol. The monoisotopic (exact) mass is 269 g/mol. The number of amidine groups is 1. The molecule has 0 aliphatic rings. The maximum Gasteiger partial charge on any atom is 0.252 e. The first-order valence-corrected chi connectivity index (χ1v) is 5.92. The number of rotatable bonds is 4. The van der Waals surface area contributed by atoms with E-state index in [1.165, 1.54) is 0 Å². The van der Waals surface area contributed by atoms with E-state index in [0.717, 1.165) is 0 Å². The lowest BCUT2D eigenvalue weighted by Gasteiger charge is -2.16. The molecule has 6 heteroatoms. The topological polar surface area (TPSA) is 87.7 Å². The molecule has 0 aliphatic carbocycles. The van der Waals surface area contributed by atoms with Crippen molar-refractivity contribution in [3.05, 3.63) is 34.3 Å². The first kappa shape index (κ1) is 14.3. The third-order valence-electron chi connectivity index (χ3n) is 2.70. The first-order valence-electron chi connectivity index (χ1n) is 5.54. The summed E-state index contributed by atoms with van der Waals surface area (Å²) in [7, 11) is 0. The van der Waals surface area contributed by atoms with Crippen LogP contribution in [0.4, 0.5) is 0 Å². The van der Waals surface area contributed by atoms with Crippen LogP contribution in [0.25, 0.3) is 0 Å². The quantitative estimate of drug-likeness (QED) is 0.338. The van der Waals surface area contributed by atoms with E-state index in [1.807, 2.05) is 6.92 Å². The number of oxime groups is 1. The molecule has 1 unspecified atom stereocenters. The summed E-state index contributed by atoms with van der Waals surface area (Å²) in [4.78, 5) is 12.0. The van der Waals surface area contributed by atoms with Crippen LogP contribution >= 0.6 is 11.6 Å². The number of carbonyl (C=O) groups is 1. The Morgan fingerprint density at radius 1 is 1.61 bits per heavy atom. The van der Waals surface area contributed by atoms with Crippen molar-refractivity contribution in [2.45, 2.75) is 26.3 Å². The molecule has 5 nitrogen and oxygen atoms in total. The van der Waals surface area contributed by atoms with Crippen LogP contribution in [0.2, 0.25) is 5.02 Å². The van der Waals surface area contributed by atoms with E-state index in [0.29, 0.717) is 22.6 Å². The average Bonchev–Trinajstić information content (AvgIpc) is 2.37. The second-order valence-electron chi connectivity index (χ2n) is 3.87. The fourth-order valence-electron chi connectivity index (χ4n) is 1.54. The van der Waals surface area contributed by atoms with Gasteiger partial charge in [-0.3, -0.25) is 4.79 Å². The minimum absolute atomic E-state index is 0.0227. The van der Waals surface area contributed by atoms with E-state index in [9.17, 15) is 4.79 Å². The lowest BCUT2D eigenvalue weighted by Crippen LogP contribution is -2.44. The van der Waals surface area contributed by atoms with Gasteiger partial charge in [0.25, 0.3) is 5.91 Å². The highest BCUT2D eigenvalue weighted by Crippen LogP contribution is 2.18. The van der Waals surface area contributed by atoms with Crippen LogP contribution in [0, 0.1) is 6.92 Å². The molecular weight excluding hydrogens is 254 g/mol. The van der Waals surface area contributed by atoms with E-state index < -0.39 is 6.04 Å². The van der Waals surface area contributed by atoms with Crippen LogP contribution in [0.3, 0.4) is 0 Å². The maximum atomic E-state index is 12.0. The molecule has 0 saturated carbocycles. The summed E-state index contributed by atoms with van der Waals surface area (Å²) in [6, 6.07) is 4.60. The van der Waals surface area contributed by atoms with Crippen LogP contribution in [0.5, 0.6) is 0 Å². The number of nitrogens with zero attached hydrogens (tertiary/aromatic N) is 1. The molecule has 0 saturated heterocycles. The molecule has 1 atom stereocenters. The van der Waals surface area contributed by atoms with Crippen molar-refractivity contribution >= 4 is 23.3 Å². The first-order chi connectivity index (χ1) is 8.51. The molecule has 0 radical (unpaired) electrons. The van der Waals surface area contributed by atoms with Crippen molar-refractivity contribution in [2.75, 3.05) is 0 Å².